The van der Waals surface area contributed by atoms with Crippen LogP contribution in [0.25, 0.3) is 0 Å². The van der Waals surface area contributed by atoms with E-state index < -0.39 is 0 Å². The Morgan fingerprint density at radius 2 is 1.84 bits per heavy atom. The van der Waals surface area contributed by atoms with E-state index in [0.717, 1.165) is 0 Å². The van der Waals surface area contributed by atoms with Crippen LogP contribution < -0.4 is 5.32 Å². The lowest BCUT2D eigenvalue weighted by Gasteiger charge is -2.09. The van der Waals surface area contributed by atoms with E-state index in [-0.39, 0.29) is 5.91 Å². The summed E-state index contributed by atoms with van der Waals surface area (Å²) in [7, 11) is 0. The van der Waals surface area contributed by atoms with Gasteiger partial charge in [-0.25, -0.2) is 0 Å². The first-order valence-electron chi connectivity index (χ1n) is 5.19. The van der Waals surface area contributed by atoms with Crippen molar-refractivity contribution < 1.29 is 4.79 Å². The second-order valence-electron chi connectivity index (χ2n) is 3.68. The van der Waals surface area contributed by atoms with Crippen LogP contribution >= 0.6 is 50.7 Å². The standard InChI is InChI=1S/C13H7BrCl3NO/c14-9-5-4-7(15)6-8(9)13(19)18-11-3-1-2-10(16)12(11)17/h1-6H,(H,18,19). The van der Waals surface area contributed by atoms with Crippen molar-refractivity contribution in [1.82, 2.24) is 0 Å². The Balaban J connectivity index is 2.31. The lowest BCUT2D eigenvalue weighted by Crippen LogP contribution is -2.13. The molecule has 6 heteroatoms. The third-order valence-corrected chi connectivity index (χ3v) is 4.12. The van der Waals surface area contributed by atoms with Gasteiger partial charge >= 0.3 is 0 Å². The maximum atomic E-state index is 12.1. The van der Waals surface area contributed by atoms with Crippen LogP contribution in [0.4, 0.5) is 5.69 Å². The first kappa shape index (κ1) is 14.7. The number of rotatable bonds is 2. The predicted octanol–water partition coefficient (Wildman–Crippen LogP) is 5.66. The number of hydrogen-bond donors (Lipinski definition) is 1. The molecule has 19 heavy (non-hydrogen) atoms. The van der Waals surface area contributed by atoms with Gasteiger partial charge in [0.2, 0.25) is 0 Å². The summed E-state index contributed by atoms with van der Waals surface area (Å²) in [6.07, 6.45) is 0. The van der Waals surface area contributed by atoms with Gasteiger partial charge in [-0.05, 0) is 46.3 Å². The highest BCUT2D eigenvalue weighted by Gasteiger charge is 2.13. The number of nitrogens with one attached hydrogen (secondary N) is 1. The molecule has 0 saturated carbocycles. The van der Waals surface area contributed by atoms with Gasteiger partial charge in [0.15, 0.2) is 0 Å². The summed E-state index contributed by atoms with van der Waals surface area (Å²) in [5.74, 6) is -0.321. The molecule has 0 atom stereocenters. The van der Waals surface area contributed by atoms with Crippen molar-refractivity contribution in [2.45, 2.75) is 0 Å². The monoisotopic (exact) mass is 377 g/mol. The lowest BCUT2D eigenvalue weighted by molar-refractivity contribution is 0.102. The van der Waals surface area contributed by atoms with E-state index in [2.05, 4.69) is 21.2 Å². The van der Waals surface area contributed by atoms with Crippen molar-refractivity contribution in [3.05, 3.63) is 61.5 Å². The molecule has 0 heterocycles. The van der Waals surface area contributed by atoms with Gasteiger partial charge in [-0.2, -0.15) is 0 Å². The quantitative estimate of drug-likeness (QED) is 0.716. The van der Waals surface area contributed by atoms with E-state index >= 15 is 0 Å². The summed E-state index contributed by atoms with van der Waals surface area (Å²) in [4.78, 5) is 12.1. The second-order valence-corrected chi connectivity index (χ2v) is 5.76. The third kappa shape index (κ3) is 3.42. The summed E-state index contributed by atoms with van der Waals surface area (Å²) in [6, 6.07) is 9.99. The number of amides is 1. The van der Waals surface area contributed by atoms with Crippen LogP contribution in [0.15, 0.2) is 40.9 Å². The Labute approximate surface area is 133 Å². The molecule has 0 spiro atoms. The van der Waals surface area contributed by atoms with Gasteiger partial charge < -0.3 is 5.32 Å². The third-order valence-electron chi connectivity index (χ3n) is 2.37. The molecule has 1 N–H and O–H groups in total. The molecule has 2 aromatic rings. The molecule has 0 aliphatic carbocycles. The fraction of sp³-hybridized carbons (Fsp3) is 0. The zero-order valence-corrected chi connectivity index (χ0v) is 13.2. The van der Waals surface area contributed by atoms with E-state index in [1.165, 1.54) is 0 Å². The Morgan fingerprint density at radius 3 is 2.58 bits per heavy atom. The van der Waals surface area contributed by atoms with Crippen LogP contribution in [0.5, 0.6) is 0 Å². The zero-order chi connectivity index (χ0) is 14.0. The first-order valence-corrected chi connectivity index (χ1v) is 7.12. The van der Waals surface area contributed by atoms with Crippen LogP contribution in [0, 0.1) is 0 Å². The van der Waals surface area contributed by atoms with Gasteiger partial charge in [-0.15, -0.1) is 0 Å². The molecule has 98 valence electrons. The molecule has 2 nitrogen and oxygen atoms in total. The van der Waals surface area contributed by atoms with Crippen molar-refractivity contribution in [2.75, 3.05) is 5.32 Å². The second kappa shape index (κ2) is 6.14. The maximum Gasteiger partial charge on any atom is 0.256 e. The van der Waals surface area contributed by atoms with Crippen molar-refractivity contribution in [3.63, 3.8) is 0 Å². The summed E-state index contributed by atoms with van der Waals surface area (Å²) in [5.41, 5.74) is 0.870. The fourth-order valence-electron chi connectivity index (χ4n) is 1.46. The average molecular weight is 379 g/mol. The van der Waals surface area contributed by atoms with E-state index in [9.17, 15) is 4.79 Å². The summed E-state index contributed by atoms with van der Waals surface area (Å²) >= 11 is 21.1. The first-order chi connectivity index (χ1) is 8.99. The number of carbonyl (C=O) groups excluding carboxylic acids is 1. The topological polar surface area (TPSA) is 29.1 Å². The number of carbonyl (C=O) groups is 1. The fourth-order valence-corrected chi connectivity index (χ4v) is 2.41. The predicted molar refractivity (Wildman–Crippen MR) is 83.6 cm³/mol. The molecule has 0 bridgehead atoms. The lowest BCUT2D eigenvalue weighted by atomic mass is 10.2. The smallest absolute Gasteiger partial charge is 0.256 e. The van der Waals surface area contributed by atoms with Crippen molar-refractivity contribution >= 4 is 62.3 Å². The van der Waals surface area contributed by atoms with E-state index in [1.54, 1.807) is 36.4 Å². The largest absolute Gasteiger partial charge is 0.321 e. The summed E-state index contributed by atoms with van der Waals surface area (Å²) in [6.45, 7) is 0. The highest BCUT2D eigenvalue weighted by Crippen LogP contribution is 2.30. The molecular weight excluding hydrogens is 372 g/mol. The minimum Gasteiger partial charge on any atom is -0.321 e. The summed E-state index contributed by atoms with van der Waals surface area (Å²) < 4.78 is 0.646. The minimum atomic E-state index is -0.321. The van der Waals surface area contributed by atoms with Crippen LogP contribution in [-0.2, 0) is 0 Å². The highest BCUT2D eigenvalue weighted by molar-refractivity contribution is 9.10. The normalized spacial score (nSPS) is 10.3. The van der Waals surface area contributed by atoms with E-state index in [1.807, 2.05) is 0 Å². The molecule has 0 radical (unpaired) electrons. The molecular formula is C13H7BrCl3NO. The van der Waals surface area contributed by atoms with Gasteiger partial charge in [-0.3, -0.25) is 4.79 Å². The van der Waals surface area contributed by atoms with Gasteiger partial charge in [0.25, 0.3) is 5.91 Å². The zero-order valence-electron chi connectivity index (χ0n) is 9.38. The Bertz CT molecular complexity index is 646. The molecule has 0 aromatic heterocycles. The van der Waals surface area contributed by atoms with E-state index in [4.69, 9.17) is 34.8 Å². The highest BCUT2D eigenvalue weighted by atomic mass is 79.9. The SMILES string of the molecule is O=C(Nc1cccc(Cl)c1Cl)c1cc(Cl)ccc1Br. The van der Waals surface area contributed by atoms with Crippen molar-refractivity contribution in [3.8, 4) is 0 Å². The number of anilines is 1. The van der Waals surface area contributed by atoms with E-state index in [0.29, 0.717) is 30.8 Å². The number of halogens is 4. The number of benzene rings is 2. The van der Waals surface area contributed by atoms with Crippen LogP contribution in [0.1, 0.15) is 10.4 Å². The summed E-state index contributed by atoms with van der Waals surface area (Å²) in [5, 5.41) is 3.85. The number of hydrogen-bond acceptors (Lipinski definition) is 1. The molecule has 0 aliphatic rings. The van der Waals surface area contributed by atoms with Gasteiger partial charge in [-0.1, -0.05) is 40.9 Å². The maximum absolute atomic E-state index is 12.1. The van der Waals surface area contributed by atoms with Crippen LogP contribution in [-0.4, -0.2) is 5.91 Å². The minimum absolute atomic E-state index is 0.302. The Hall–Kier alpha value is -0.740. The van der Waals surface area contributed by atoms with Gasteiger partial charge in [0.05, 0.1) is 21.3 Å². The van der Waals surface area contributed by atoms with Crippen molar-refractivity contribution in [1.29, 1.82) is 0 Å². The average Bonchev–Trinajstić information content (AvgIpc) is 2.38. The van der Waals surface area contributed by atoms with Crippen molar-refractivity contribution in [2.24, 2.45) is 0 Å². The Kier molecular flexibility index (Phi) is 4.74. The molecule has 0 fully saturated rings. The Morgan fingerprint density at radius 1 is 1.11 bits per heavy atom. The molecule has 1 amide bonds. The van der Waals surface area contributed by atoms with Crippen LogP contribution in [0.2, 0.25) is 15.1 Å². The van der Waals surface area contributed by atoms with Crippen LogP contribution in [0.3, 0.4) is 0 Å². The molecule has 2 rings (SSSR count). The van der Waals surface area contributed by atoms with Gasteiger partial charge in [0.1, 0.15) is 0 Å². The molecule has 2 aromatic carbocycles. The molecule has 0 unspecified atom stereocenters. The molecule has 0 aliphatic heterocycles. The van der Waals surface area contributed by atoms with Gasteiger partial charge in [0, 0.05) is 9.50 Å². The molecule has 0 saturated heterocycles.